The van der Waals surface area contributed by atoms with Crippen LogP contribution in [-0.4, -0.2) is 16.9 Å². The van der Waals surface area contributed by atoms with Crippen molar-refractivity contribution in [1.82, 2.24) is 10.3 Å². The smallest absolute Gasteiger partial charge is 0.308 e. The van der Waals surface area contributed by atoms with Crippen LogP contribution in [0.4, 0.5) is 0 Å². The Balaban J connectivity index is 1.39. The average molecular weight is 443 g/mol. The third-order valence-electron chi connectivity index (χ3n) is 4.87. The molecule has 0 spiro atoms. The number of nitrogens with one attached hydrogen (secondary N) is 1. The Hall–Kier alpha value is -3.77. The summed E-state index contributed by atoms with van der Waals surface area (Å²) in [7, 11) is 0. The lowest BCUT2D eigenvalue weighted by Crippen LogP contribution is -2.30. The van der Waals surface area contributed by atoms with Gasteiger partial charge in [-0.1, -0.05) is 78.9 Å². The van der Waals surface area contributed by atoms with Crippen molar-refractivity contribution >= 4 is 23.2 Å². The number of hydrogen-bond acceptors (Lipinski definition) is 5. The van der Waals surface area contributed by atoms with E-state index in [1.54, 1.807) is 24.3 Å². The van der Waals surface area contributed by atoms with Crippen molar-refractivity contribution in [3.05, 3.63) is 113 Å². The maximum Gasteiger partial charge on any atom is 0.308 e. The quantitative estimate of drug-likeness (QED) is 0.370. The summed E-state index contributed by atoms with van der Waals surface area (Å²) >= 11 is 1.51. The zero-order valence-electron chi connectivity index (χ0n) is 17.3. The van der Waals surface area contributed by atoms with E-state index in [2.05, 4.69) is 10.3 Å². The van der Waals surface area contributed by atoms with Crippen molar-refractivity contribution in [1.29, 1.82) is 0 Å². The summed E-state index contributed by atoms with van der Waals surface area (Å²) < 4.78 is 5.47. The van der Waals surface area contributed by atoms with Crippen LogP contribution in [0.1, 0.15) is 34.1 Å². The Morgan fingerprint density at radius 1 is 0.875 bits per heavy atom. The van der Waals surface area contributed by atoms with Crippen molar-refractivity contribution in [3.8, 4) is 10.6 Å². The van der Waals surface area contributed by atoms with Crippen LogP contribution in [0, 0.1) is 0 Å². The number of hydrogen-bond donors (Lipinski definition) is 1. The molecule has 0 aliphatic rings. The van der Waals surface area contributed by atoms with Gasteiger partial charge in [-0.15, -0.1) is 11.3 Å². The highest BCUT2D eigenvalue weighted by atomic mass is 32.1. The largest absolute Gasteiger partial charge is 0.459 e. The molecular weight excluding hydrogens is 420 g/mol. The maximum atomic E-state index is 12.7. The van der Waals surface area contributed by atoms with Gasteiger partial charge >= 0.3 is 5.97 Å². The van der Waals surface area contributed by atoms with E-state index in [0.29, 0.717) is 11.3 Å². The number of carbonyl (C=O) groups is 2. The molecule has 0 saturated carbocycles. The highest BCUT2D eigenvalue weighted by molar-refractivity contribution is 7.13. The van der Waals surface area contributed by atoms with Crippen LogP contribution in [0.3, 0.4) is 0 Å². The molecule has 4 rings (SSSR count). The van der Waals surface area contributed by atoms with E-state index in [4.69, 9.17) is 4.74 Å². The molecule has 0 aliphatic heterocycles. The number of nitrogens with zero attached hydrogens (tertiary/aromatic N) is 1. The molecule has 5 nitrogen and oxygen atoms in total. The number of thiazole rings is 1. The third-order valence-corrected chi connectivity index (χ3v) is 5.81. The van der Waals surface area contributed by atoms with Crippen molar-refractivity contribution in [2.75, 3.05) is 0 Å². The van der Waals surface area contributed by atoms with Crippen LogP contribution in [0.2, 0.25) is 0 Å². The fourth-order valence-corrected chi connectivity index (χ4v) is 4.05. The van der Waals surface area contributed by atoms with Gasteiger partial charge in [0.2, 0.25) is 0 Å². The molecule has 1 N–H and O–H groups in total. The molecule has 6 heteroatoms. The third kappa shape index (κ3) is 5.68. The predicted molar refractivity (Wildman–Crippen MR) is 125 cm³/mol. The fraction of sp³-hybridized carbons (Fsp3) is 0.115. The van der Waals surface area contributed by atoms with E-state index in [1.165, 1.54) is 11.3 Å². The first-order chi connectivity index (χ1) is 15.7. The van der Waals surface area contributed by atoms with E-state index in [1.807, 2.05) is 72.1 Å². The van der Waals surface area contributed by atoms with Gasteiger partial charge in [-0.05, 0) is 17.7 Å². The van der Waals surface area contributed by atoms with Crippen molar-refractivity contribution < 1.29 is 14.3 Å². The number of amides is 1. The summed E-state index contributed by atoms with van der Waals surface area (Å²) in [6.07, 6.45) is 0.0261. The van der Waals surface area contributed by atoms with Gasteiger partial charge in [0.25, 0.3) is 5.91 Å². The first-order valence-corrected chi connectivity index (χ1v) is 11.1. The lowest BCUT2D eigenvalue weighted by atomic mass is 10.0. The minimum Gasteiger partial charge on any atom is -0.459 e. The SMILES string of the molecule is O=C(C[C@@H](NC(=O)c1ccccc1)c1ccccc1)OCc1csc(-c2ccccc2)n1. The molecule has 1 heterocycles. The van der Waals surface area contributed by atoms with Crippen molar-refractivity contribution in [2.24, 2.45) is 0 Å². The summed E-state index contributed by atoms with van der Waals surface area (Å²) in [5.41, 5.74) is 3.11. The van der Waals surface area contributed by atoms with E-state index < -0.39 is 12.0 Å². The Labute approximate surface area is 190 Å². The van der Waals surface area contributed by atoms with Gasteiger partial charge in [0.15, 0.2) is 0 Å². The molecule has 3 aromatic carbocycles. The maximum absolute atomic E-state index is 12.7. The Morgan fingerprint density at radius 3 is 2.19 bits per heavy atom. The standard InChI is InChI=1S/C26H22N2O3S/c29-24(31-17-22-18-32-26(27-22)21-14-8-3-9-15-21)16-23(19-10-4-1-5-11-19)28-25(30)20-12-6-2-7-13-20/h1-15,18,23H,16-17H2,(H,28,30)/t23-/m1/s1. The van der Waals surface area contributed by atoms with Gasteiger partial charge in [-0.2, -0.15) is 0 Å². The molecule has 32 heavy (non-hydrogen) atoms. The lowest BCUT2D eigenvalue weighted by Gasteiger charge is -2.18. The summed E-state index contributed by atoms with van der Waals surface area (Å²) in [4.78, 5) is 29.8. The molecule has 1 aromatic heterocycles. The first kappa shape index (κ1) is 21.5. The first-order valence-electron chi connectivity index (χ1n) is 10.3. The van der Waals surface area contributed by atoms with E-state index in [0.717, 1.165) is 16.1 Å². The molecule has 4 aromatic rings. The molecule has 1 atom stereocenters. The van der Waals surface area contributed by atoms with Gasteiger partial charge in [-0.3, -0.25) is 9.59 Å². The molecule has 0 fully saturated rings. The molecule has 0 unspecified atom stereocenters. The van der Waals surface area contributed by atoms with Crippen LogP contribution >= 0.6 is 11.3 Å². The minimum absolute atomic E-state index is 0.0261. The molecule has 0 saturated heterocycles. The Morgan fingerprint density at radius 2 is 1.50 bits per heavy atom. The topological polar surface area (TPSA) is 68.3 Å². The van der Waals surface area contributed by atoms with E-state index in [-0.39, 0.29) is 18.9 Å². The van der Waals surface area contributed by atoms with Crippen molar-refractivity contribution in [2.45, 2.75) is 19.1 Å². The normalized spacial score (nSPS) is 11.5. The van der Waals surface area contributed by atoms with Crippen LogP contribution in [0.15, 0.2) is 96.4 Å². The van der Waals surface area contributed by atoms with Crippen LogP contribution in [0.5, 0.6) is 0 Å². The van der Waals surface area contributed by atoms with Crippen molar-refractivity contribution in [3.63, 3.8) is 0 Å². The molecule has 1 amide bonds. The Bertz CT molecular complexity index is 1160. The summed E-state index contributed by atoms with van der Waals surface area (Å²) in [6.45, 7) is 0.0936. The summed E-state index contributed by atoms with van der Waals surface area (Å²) in [5, 5.41) is 5.72. The van der Waals surface area contributed by atoms with Gasteiger partial charge in [0.1, 0.15) is 11.6 Å². The van der Waals surface area contributed by atoms with E-state index >= 15 is 0 Å². The number of carbonyl (C=O) groups excluding carboxylic acids is 2. The van der Waals surface area contributed by atoms with Crippen LogP contribution in [0.25, 0.3) is 10.6 Å². The van der Waals surface area contributed by atoms with Gasteiger partial charge in [0.05, 0.1) is 18.2 Å². The molecule has 0 bridgehead atoms. The van der Waals surface area contributed by atoms with Crippen LogP contribution < -0.4 is 5.32 Å². The fourth-order valence-electron chi connectivity index (χ4n) is 3.24. The Kier molecular flexibility index (Phi) is 7.05. The minimum atomic E-state index is -0.494. The highest BCUT2D eigenvalue weighted by Crippen LogP contribution is 2.24. The number of esters is 1. The molecular formula is C26H22N2O3S. The zero-order chi connectivity index (χ0) is 22.2. The number of benzene rings is 3. The molecule has 160 valence electrons. The number of ether oxygens (including phenoxy) is 1. The zero-order valence-corrected chi connectivity index (χ0v) is 18.1. The average Bonchev–Trinajstić information content (AvgIpc) is 3.33. The van der Waals surface area contributed by atoms with Gasteiger partial charge in [-0.25, -0.2) is 4.98 Å². The van der Waals surface area contributed by atoms with Crippen LogP contribution in [-0.2, 0) is 16.1 Å². The number of aromatic nitrogens is 1. The monoisotopic (exact) mass is 442 g/mol. The second kappa shape index (κ2) is 10.5. The predicted octanol–water partition coefficient (Wildman–Crippen LogP) is 5.41. The molecule has 0 radical (unpaired) electrons. The molecule has 0 aliphatic carbocycles. The van der Waals surface area contributed by atoms with Gasteiger partial charge < -0.3 is 10.1 Å². The number of rotatable bonds is 8. The second-order valence-corrected chi connectivity index (χ2v) is 8.04. The summed E-state index contributed by atoms with van der Waals surface area (Å²) in [5.74, 6) is -0.638. The highest BCUT2D eigenvalue weighted by Gasteiger charge is 2.20. The second-order valence-electron chi connectivity index (χ2n) is 7.18. The van der Waals surface area contributed by atoms with E-state index in [9.17, 15) is 9.59 Å². The summed E-state index contributed by atoms with van der Waals surface area (Å²) in [6, 6.07) is 27.7. The lowest BCUT2D eigenvalue weighted by molar-refractivity contribution is -0.145. The van der Waals surface area contributed by atoms with Gasteiger partial charge in [0, 0.05) is 16.5 Å².